The summed E-state index contributed by atoms with van der Waals surface area (Å²) in [5.74, 6) is -0.114. The fourth-order valence-electron chi connectivity index (χ4n) is 2.38. The van der Waals surface area contributed by atoms with Crippen molar-refractivity contribution in [3.05, 3.63) is 23.8 Å². The van der Waals surface area contributed by atoms with Crippen molar-refractivity contribution in [1.29, 1.82) is 0 Å². The second-order valence-corrected chi connectivity index (χ2v) is 6.66. The predicted molar refractivity (Wildman–Crippen MR) is 85.3 cm³/mol. The van der Waals surface area contributed by atoms with Crippen LogP contribution in [0.5, 0.6) is 11.5 Å². The van der Waals surface area contributed by atoms with Crippen molar-refractivity contribution < 1.29 is 32.6 Å². The van der Waals surface area contributed by atoms with Gasteiger partial charge in [-0.3, -0.25) is 4.79 Å². The van der Waals surface area contributed by atoms with Crippen LogP contribution in [-0.4, -0.2) is 48.7 Å². The number of likely N-dealkylation sites (tertiary alicyclic amines) is 1. The van der Waals surface area contributed by atoms with E-state index in [0.717, 1.165) is 0 Å². The molecule has 1 heterocycles. The van der Waals surface area contributed by atoms with Gasteiger partial charge >= 0.3 is 12.7 Å². The third-order valence-corrected chi connectivity index (χ3v) is 3.41. The van der Waals surface area contributed by atoms with Gasteiger partial charge in [0.15, 0.2) is 11.5 Å². The first-order chi connectivity index (χ1) is 11.7. The standard InChI is InChI=1S/C17H21F2NO5/c1-17(2,3)25-16(22)20-7-6-12(9-20)23-14-8-11(10-21)4-5-13(14)24-15(18)19/h4-5,8,10,12,15H,6-7,9H2,1-3H3. The molecule has 0 spiro atoms. The van der Waals surface area contributed by atoms with Crippen molar-refractivity contribution in [3.63, 3.8) is 0 Å². The quantitative estimate of drug-likeness (QED) is 0.755. The second-order valence-electron chi connectivity index (χ2n) is 6.66. The smallest absolute Gasteiger partial charge is 0.410 e. The highest BCUT2D eigenvalue weighted by Gasteiger charge is 2.31. The van der Waals surface area contributed by atoms with Crippen molar-refractivity contribution in [3.8, 4) is 11.5 Å². The van der Waals surface area contributed by atoms with E-state index in [0.29, 0.717) is 19.3 Å². The summed E-state index contributed by atoms with van der Waals surface area (Å²) >= 11 is 0. The van der Waals surface area contributed by atoms with E-state index < -0.39 is 24.4 Å². The van der Waals surface area contributed by atoms with Gasteiger partial charge in [0.05, 0.1) is 6.54 Å². The Morgan fingerprint density at radius 3 is 2.64 bits per heavy atom. The number of hydrogen-bond acceptors (Lipinski definition) is 5. The first-order valence-corrected chi connectivity index (χ1v) is 7.86. The zero-order chi connectivity index (χ0) is 18.6. The zero-order valence-corrected chi connectivity index (χ0v) is 14.3. The molecule has 1 fully saturated rings. The lowest BCUT2D eigenvalue weighted by Crippen LogP contribution is -2.36. The number of rotatable bonds is 5. The minimum Gasteiger partial charge on any atom is -0.485 e. The van der Waals surface area contributed by atoms with E-state index in [1.165, 1.54) is 23.1 Å². The Labute approximate surface area is 144 Å². The molecule has 1 saturated heterocycles. The van der Waals surface area contributed by atoms with E-state index in [1.807, 2.05) is 0 Å². The molecule has 1 aromatic carbocycles. The molecule has 2 rings (SSSR count). The Balaban J connectivity index is 2.05. The number of aldehydes is 1. The molecule has 25 heavy (non-hydrogen) atoms. The topological polar surface area (TPSA) is 65.1 Å². The largest absolute Gasteiger partial charge is 0.485 e. The van der Waals surface area contributed by atoms with E-state index in [9.17, 15) is 18.4 Å². The van der Waals surface area contributed by atoms with Gasteiger partial charge in [0.1, 0.15) is 18.0 Å². The highest BCUT2D eigenvalue weighted by Crippen LogP contribution is 2.32. The summed E-state index contributed by atoms with van der Waals surface area (Å²) < 4.78 is 40.4. The Kier molecular flexibility index (Phi) is 5.81. The van der Waals surface area contributed by atoms with Crippen LogP contribution in [0.25, 0.3) is 0 Å². The highest BCUT2D eigenvalue weighted by molar-refractivity contribution is 5.76. The molecule has 1 aromatic rings. The Bertz CT molecular complexity index is 630. The number of carbonyl (C=O) groups is 2. The van der Waals surface area contributed by atoms with Crippen molar-refractivity contribution in [1.82, 2.24) is 4.90 Å². The SMILES string of the molecule is CC(C)(C)OC(=O)N1CCC(Oc2cc(C=O)ccc2OC(F)F)C1. The van der Waals surface area contributed by atoms with Crippen LogP contribution in [0.15, 0.2) is 18.2 Å². The van der Waals surface area contributed by atoms with Gasteiger partial charge in [-0.25, -0.2) is 4.79 Å². The van der Waals surface area contributed by atoms with Crippen LogP contribution in [0.3, 0.4) is 0 Å². The molecular weight excluding hydrogens is 336 g/mol. The van der Waals surface area contributed by atoms with Crippen molar-refractivity contribution in [2.24, 2.45) is 0 Å². The molecule has 1 unspecified atom stereocenters. The number of carbonyl (C=O) groups excluding carboxylic acids is 2. The summed E-state index contributed by atoms with van der Waals surface area (Å²) in [6.45, 7) is 2.99. The van der Waals surface area contributed by atoms with Crippen LogP contribution >= 0.6 is 0 Å². The second kappa shape index (κ2) is 7.67. The number of benzene rings is 1. The van der Waals surface area contributed by atoms with Crippen LogP contribution in [0, 0.1) is 0 Å². The number of halogens is 2. The van der Waals surface area contributed by atoms with E-state index in [1.54, 1.807) is 20.8 Å². The molecule has 6 nitrogen and oxygen atoms in total. The molecule has 0 radical (unpaired) electrons. The number of alkyl halides is 2. The molecule has 1 atom stereocenters. The molecule has 8 heteroatoms. The monoisotopic (exact) mass is 357 g/mol. The van der Waals surface area contributed by atoms with Crippen LogP contribution in [0.4, 0.5) is 13.6 Å². The maximum absolute atomic E-state index is 12.5. The molecule has 1 amide bonds. The average molecular weight is 357 g/mol. The molecule has 0 aromatic heterocycles. The van der Waals surface area contributed by atoms with Gasteiger partial charge in [0.2, 0.25) is 0 Å². The maximum atomic E-state index is 12.5. The summed E-state index contributed by atoms with van der Waals surface area (Å²) in [5.41, 5.74) is -0.328. The average Bonchev–Trinajstić information content (AvgIpc) is 2.95. The van der Waals surface area contributed by atoms with Crippen molar-refractivity contribution >= 4 is 12.4 Å². The lowest BCUT2D eigenvalue weighted by molar-refractivity contribution is -0.0520. The Morgan fingerprint density at radius 2 is 2.04 bits per heavy atom. The van der Waals surface area contributed by atoms with Crippen LogP contribution < -0.4 is 9.47 Å². The van der Waals surface area contributed by atoms with Gasteiger partial charge in [-0.15, -0.1) is 0 Å². The van der Waals surface area contributed by atoms with Gasteiger partial charge in [-0.2, -0.15) is 8.78 Å². The summed E-state index contributed by atoms with van der Waals surface area (Å²) in [6.07, 6.45) is 0.234. The number of hydrogen-bond donors (Lipinski definition) is 0. The molecule has 0 N–H and O–H groups in total. The minimum absolute atomic E-state index is 0.0425. The first kappa shape index (κ1) is 19.0. The number of ether oxygens (including phenoxy) is 3. The van der Waals surface area contributed by atoms with Gasteiger partial charge in [0.25, 0.3) is 0 Å². The molecule has 138 valence electrons. The summed E-state index contributed by atoms with van der Waals surface area (Å²) in [6, 6.07) is 3.95. The maximum Gasteiger partial charge on any atom is 0.410 e. The molecule has 1 aliphatic rings. The third kappa shape index (κ3) is 5.58. The van der Waals surface area contributed by atoms with Crippen LogP contribution in [0.1, 0.15) is 37.6 Å². The van der Waals surface area contributed by atoms with E-state index in [-0.39, 0.29) is 23.6 Å². The fraction of sp³-hybridized carbons (Fsp3) is 0.529. The Hall–Kier alpha value is -2.38. The fourth-order valence-corrected chi connectivity index (χ4v) is 2.38. The van der Waals surface area contributed by atoms with Crippen LogP contribution in [-0.2, 0) is 4.74 Å². The lowest BCUT2D eigenvalue weighted by atomic mass is 10.2. The highest BCUT2D eigenvalue weighted by atomic mass is 19.3. The van der Waals surface area contributed by atoms with Gasteiger partial charge in [-0.1, -0.05) is 0 Å². The summed E-state index contributed by atoms with van der Waals surface area (Å²) in [5, 5.41) is 0. The normalized spacial score (nSPS) is 17.5. The van der Waals surface area contributed by atoms with Gasteiger partial charge in [-0.05, 0) is 39.0 Å². The molecule has 0 saturated carbocycles. The van der Waals surface area contributed by atoms with E-state index >= 15 is 0 Å². The first-order valence-electron chi connectivity index (χ1n) is 7.86. The molecule has 0 bridgehead atoms. The summed E-state index contributed by atoms with van der Waals surface area (Å²) in [7, 11) is 0. The molecular formula is C17H21F2NO5. The zero-order valence-electron chi connectivity index (χ0n) is 14.3. The van der Waals surface area contributed by atoms with Crippen LogP contribution in [0.2, 0.25) is 0 Å². The van der Waals surface area contributed by atoms with Crippen molar-refractivity contribution in [2.45, 2.75) is 45.5 Å². The predicted octanol–water partition coefficient (Wildman–Crippen LogP) is 3.49. The van der Waals surface area contributed by atoms with E-state index in [2.05, 4.69) is 4.74 Å². The minimum atomic E-state index is -3.01. The van der Waals surface area contributed by atoms with E-state index in [4.69, 9.17) is 9.47 Å². The molecule has 1 aliphatic heterocycles. The Morgan fingerprint density at radius 1 is 1.32 bits per heavy atom. The summed E-state index contributed by atoms with van der Waals surface area (Å²) in [4.78, 5) is 24.4. The number of nitrogens with zero attached hydrogens (tertiary/aromatic N) is 1. The lowest BCUT2D eigenvalue weighted by Gasteiger charge is -2.24. The van der Waals surface area contributed by atoms with Gasteiger partial charge < -0.3 is 19.1 Å². The van der Waals surface area contributed by atoms with Gasteiger partial charge in [0, 0.05) is 18.5 Å². The third-order valence-electron chi connectivity index (χ3n) is 3.41. The number of amides is 1. The molecule has 0 aliphatic carbocycles. The van der Waals surface area contributed by atoms with Crippen molar-refractivity contribution in [2.75, 3.05) is 13.1 Å².